The maximum atomic E-state index is 13.8. The SMILES string of the molecule is Cc1ccc2c(=O)c3cccc4c3n(c2c1)-c1ncccc1C41c2ccccc2-c2ccccc21. The van der Waals surface area contributed by atoms with Crippen molar-refractivity contribution in [2.45, 2.75) is 12.3 Å². The number of aromatic nitrogens is 2. The van der Waals surface area contributed by atoms with Crippen LogP contribution in [0.5, 0.6) is 0 Å². The van der Waals surface area contributed by atoms with Crippen molar-refractivity contribution in [3.63, 3.8) is 0 Å². The van der Waals surface area contributed by atoms with Crippen LogP contribution < -0.4 is 5.43 Å². The fraction of sp³-hybridized carbons (Fsp3) is 0.0625. The van der Waals surface area contributed by atoms with E-state index in [4.69, 9.17) is 4.98 Å². The first kappa shape index (κ1) is 18.9. The van der Waals surface area contributed by atoms with Gasteiger partial charge in [0, 0.05) is 22.5 Å². The Balaban J connectivity index is 1.71. The molecule has 0 amide bonds. The molecule has 2 aliphatic rings. The standard InChI is InChI=1S/C32H20N2O/c1-19-15-16-22-28(18-19)34-29-23(30(22)35)10-6-13-26(29)32(27-14-7-17-33-31(27)34)24-11-4-2-8-20(24)21-9-3-5-12-25(21)32/h2-18H,1H3. The van der Waals surface area contributed by atoms with Gasteiger partial charge < -0.3 is 0 Å². The predicted octanol–water partition coefficient (Wildman–Crippen LogP) is 6.52. The first-order valence-electron chi connectivity index (χ1n) is 11.9. The maximum Gasteiger partial charge on any atom is 0.197 e. The predicted molar refractivity (Wildman–Crippen MR) is 140 cm³/mol. The van der Waals surface area contributed by atoms with Crippen LogP contribution in [0.4, 0.5) is 0 Å². The normalized spacial score (nSPS) is 14.2. The van der Waals surface area contributed by atoms with Crippen LogP contribution in [0.25, 0.3) is 38.8 Å². The smallest absolute Gasteiger partial charge is 0.197 e. The number of nitrogens with zero attached hydrogens (tertiary/aromatic N) is 2. The zero-order valence-electron chi connectivity index (χ0n) is 19.1. The molecule has 0 saturated carbocycles. The maximum absolute atomic E-state index is 13.8. The average molecular weight is 449 g/mol. The van der Waals surface area contributed by atoms with Gasteiger partial charge in [0.15, 0.2) is 5.43 Å². The van der Waals surface area contributed by atoms with Crippen molar-refractivity contribution in [3.05, 3.63) is 141 Å². The molecule has 35 heavy (non-hydrogen) atoms. The summed E-state index contributed by atoms with van der Waals surface area (Å²) in [6, 6.07) is 33.9. The van der Waals surface area contributed by atoms with Crippen LogP contribution in [0.2, 0.25) is 0 Å². The van der Waals surface area contributed by atoms with Gasteiger partial charge in [-0.1, -0.05) is 72.8 Å². The fourth-order valence-corrected chi connectivity index (χ4v) is 6.60. The van der Waals surface area contributed by atoms with Crippen molar-refractivity contribution in [2.24, 2.45) is 0 Å². The van der Waals surface area contributed by atoms with Crippen molar-refractivity contribution >= 4 is 21.8 Å². The molecule has 0 bridgehead atoms. The number of hydrogen-bond donors (Lipinski definition) is 0. The molecule has 1 aliphatic carbocycles. The van der Waals surface area contributed by atoms with Gasteiger partial charge in [-0.25, -0.2) is 4.98 Å². The minimum absolute atomic E-state index is 0.0715. The van der Waals surface area contributed by atoms with Crippen molar-refractivity contribution in [3.8, 4) is 16.9 Å². The molecule has 0 fully saturated rings. The first-order chi connectivity index (χ1) is 17.2. The average Bonchev–Trinajstić information content (AvgIpc) is 3.19. The van der Waals surface area contributed by atoms with Crippen LogP contribution in [0.1, 0.15) is 27.8 Å². The Bertz CT molecular complexity index is 1900. The zero-order chi connectivity index (χ0) is 23.3. The number of para-hydroxylation sites is 1. The molecule has 0 N–H and O–H groups in total. The van der Waals surface area contributed by atoms with Gasteiger partial charge in [-0.3, -0.25) is 9.36 Å². The molecule has 1 spiro atoms. The summed E-state index contributed by atoms with van der Waals surface area (Å²) in [5.41, 5.74) is 9.74. The molecule has 0 radical (unpaired) electrons. The fourth-order valence-electron chi connectivity index (χ4n) is 6.60. The summed E-state index contributed by atoms with van der Waals surface area (Å²) < 4.78 is 2.22. The highest BCUT2D eigenvalue weighted by atomic mass is 16.1. The van der Waals surface area contributed by atoms with E-state index in [1.165, 1.54) is 22.3 Å². The Labute approximate surface area is 201 Å². The van der Waals surface area contributed by atoms with Crippen molar-refractivity contribution in [1.82, 2.24) is 9.55 Å². The van der Waals surface area contributed by atoms with Gasteiger partial charge in [-0.05, 0) is 64.6 Å². The second kappa shape index (κ2) is 6.34. The highest BCUT2D eigenvalue weighted by molar-refractivity contribution is 6.02. The van der Waals surface area contributed by atoms with Crippen LogP contribution in [0.15, 0.2) is 108 Å². The van der Waals surface area contributed by atoms with Crippen LogP contribution in [-0.4, -0.2) is 9.55 Å². The van der Waals surface area contributed by atoms with Gasteiger partial charge in [0.05, 0.1) is 16.4 Å². The van der Waals surface area contributed by atoms with E-state index >= 15 is 0 Å². The lowest BCUT2D eigenvalue weighted by atomic mass is 9.66. The Morgan fingerprint density at radius 3 is 2.14 bits per heavy atom. The van der Waals surface area contributed by atoms with Crippen LogP contribution in [0.3, 0.4) is 0 Å². The Morgan fingerprint density at radius 2 is 1.37 bits per heavy atom. The number of fused-ring (bicyclic) bond motifs is 11. The number of aryl methyl sites for hydroxylation is 1. The third-order valence-electron chi connectivity index (χ3n) is 7.90. The lowest BCUT2D eigenvalue weighted by molar-refractivity contribution is 0.736. The molecule has 3 nitrogen and oxygen atoms in total. The minimum Gasteiger partial charge on any atom is -0.293 e. The summed E-state index contributed by atoms with van der Waals surface area (Å²) >= 11 is 0. The van der Waals surface area contributed by atoms with E-state index in [1.807, 2.05) is 36.5 Å². The summed E-state index contributed by atoms with van der Waals surface area (Å²) in [5, 5.41) is 1.46. The quantitative estimate of drug-likeness (QED) is 0.247. The van der Waals surface area contributed by atoms with Crippen LogP contribution >= 0.6 is 0 Å². The van der Waals surface area contributed by atoms with E-state index in [1.54, 1.807) is 0 Å². The highest BCUT2D eigenvalue weighted by Gasteiger charge is 2.50. The van der Waals surface area contributed by atoms with E-state index in [9.17, 15) is 4.79 Å². The van der Waals surface area contributed by atoms with Gasteiger partial charge in [0.25, 0.3) is 0 Å². The van der Waals surface area contributed by atoms with Gasteiger partial charge >= 0.3 is 0 Å². The minimum atomic E-state index is -0.541. The lowest BCUT2D eigenvalue weighted by Crippen LogP contribution is -2.35. The molecule has 0 atom stereocenters. The van der Waals surface area contributed by atoms with E-state index in [0.717, 1.165) is 44.3 Å². The van der Waals surface area contributed by atoms with Gasteiger partial charge in [-0.15, -0.1) is 0 Å². The summed E-state index contributed by atoms with van der Waals surface area (Å²) in [5.74, 6) is 0.887. The topological polar surface area (TPSA) is 34.9 Å². The molecular formula is C32H20N2O. The summed E-state index contributed by atoms with van der Waals surface area (Å²) in [6.45, 7) is 2.07. The first-order valence-corrected chi connectivity index (χ1v) is 11.9. The number of pyridine rings is 2. The molecule has 0 saturated heterocycles. The van der Waals surface area contributed by atoms with Gasteiger partial charge in [-0.2, -0.15) is 0 Å². The third kappa shape index (κ3) is 2.08. The van der Waals surface area contributed by atoms with Crippen molar-refractivity contribution in [1.29, 1.82) is 0 Å². The number of rotatable bonds is 0. The molecule has 0 unspecified atom stereocenters. The third-order valence-corrected chi connectivity index (χ3v) is 7.90. The second-order valence-electron chi connectivity index (χ2n) is 9.60. The van der Waals surface area contributed by atoms with Crippen molar-refractivity contribution < 1.29 is 0 Å². The largest absolute Gasteiger partial charge is 0.293 e. The van der Waals surface area contributed by atoms with E-state index < -0.39 is 5.41 Å². The van der Waals surface area contributed by atoms with Crippen molar-refractivity contribution in [2.75, 3.05) is 0 Å². The highest BCUT2D eigenvalue weighted by Crippen LogP contribution is 2.59. The molecule has 6 aromatic rings. The molecule has 2 aromatic heterocycles. The second-order valence-corrected chi connectivity index (χ2v) is 9.60. The molecule has 8 rings (SSSR count). The molecule has 1 aliphatic heterocycles. The monoisotopic (exact) mass is 448 g/mol. The Morgan fingerprint density at radius 1 is 0.686 bits per heavy atom. The number of benzene rings is 4. The van der Waals surface area contributed by atoms with Crippen LogP contribution in [-0.2, 0) is 5.41 Å². The van der Waals surface area contributed by atoms with E-state index in [2.05, 4.69) is 78.2 Å². The van der Waals surface area contributed by atoms with Crippen LogP contribution in [0, 0.1) is 6.92 Å². The number of hydrogen-bond acceptors (Lipinski definition) is 2. The summed E-state index contributed by atoms with van der Waals surface area (Å²) in [4.78, 5) is 18.8. The molecule has 3 heterocycles. The van der Waals surface area contributed by atoms with E-state index in [0.29, 0.717) is 0 Å². The molecule has 4 aromatic carbocycles. The summed E-state index contributed by atoms with van der Waals surface area (Å²) in [7, 11) is 0. The summed E-state index contributed by atoms with van der Waals surface area (Å²) in [6.07, 6.45) is 1.86. The Hall–Kier alpha value is -4.50. The van der Waals surface area contributed by atoms with Gasteiger partial charge in [0.2, 0.25) is 0 Å². The lowest BCUT2D eigenvalue weighted by Gasteiger charge is -2.40. The van der Waals surface area contributed by atoms with E-state index in [-0.39, 0.29) is 5.43 Å². The van der Waals surface area contributed by atoms with Gasteiger partial charge in [0.1, 0.15) is 5.82 Å². The molecule has 164 valence electrons. The molecular weight excluding hydrogens is 428 g/mol. The zero-order valence-corrected chi connectivity index (χ0v) is 19.1. The Kier molecular flexibility index (Phi) is 3.42. The molecule has 3 heteroatoms.